The van der Waals surface area contributed by atoms with Crippen molar-refractivity contribution in [1.29, 1.82) is 0 Å². The normalized spacial score (nSPS) is 18.6. The second kappa shape index (κ2) is 6.22. The molecule has 4 rings (SSSR count). The molecule has 0 saturated carbocycles. The third-order valence-electron chi connectivity index (χ3n) is 4.14. The summed E-state index contributed by atoms with van der Waals surface area (Å²) in [7, 11) is 0. The van der Waals surface area contributed by atoms with E-state index < -0.39 is 0 Å². The van der Waals surface area contributed by atoms with Gasteiger partial charge in [-0.15, -0.1) is 11.3 Å². The Morgan fingerprint density at radius 1 is 1.26 bits per heavy atom. The third kappa shape index (κ3) is 3.04. The fourth-order valence-electron chi connectivity index (χ4n) is 3.03. The van der Waals surface area contributed by atoms with Crippen LogP contribution in [0.3, 0.4) is 0 Å². The monoisotopic (exact) mass is 329 g/mol. The second-order valence-corrected chi connectivity index (χ2v) is 6.64. The van der Waals surface area contributed by atoms with E-state index in [0.29, 0.717) is 24.3 Å². The molecule has 1 aliphatic heterocycles. The van der Waals surface area contributed by atoms with Gasteiger partial charge >= 0.3 is 0 Å². The summed E-state index contributed by atoms with van der Waals surface area (Å²) in [5.74, 6) is 0.841. The van der Waals surface area contributed by atoms with Gasteiger partial charge in [0.1, 0.15) is 5.82 Å². The van der Waals surface area contributed by atoms with Crippen LogP contribution in [0, 0.1) is 5.82 Å². The van der Waals surface area contributed by atoms with E-state index in [2.05, 4.69) is 32.6 Å². The number of likely N-dealkylation sites (tertiary alicyclic amines) is 1. The summed E-state index contributed by atoms with van der Waals surface area (Å²) < 4.78 is 18.4. The average Bonchev–Trinajstić information content (AvgIpc) is 3.29. The van der Waals surface area contributed by atoms with E-state index in [1.807, 2.05) is 0 Å². The summed E-state index contributed by atoms with van der Waals surface area (Å²) in [4.78, 5) is 8.22. The van der Waals surface area contributed by atoms with Gasteiger partial charge in [0.2, 0.25) is 11.7 Å². The van der Waals surface area contributed by atoms with Crippen LogP contribution >= 0.6 is 11.3 Å². The van der Waals surface area contributed by atoms with Crippen LogP contribution in [0.25, 0.3) is 11.4 Å². The quantitative estimate of drug-likeness (QED) is 0.717. The minimum atomic E-state index is -0.270. The summed E-state index contributed by atoms with van der Waals surface area (Å²) in [6, 6.07) is 10.8. The maximum atomic E-state index is 13.0. The predicted octanol–water partition coefficient (Wildman–Crippen LogP) is 4.27. The molecular weight excluding hydrogens is 313 g/mol. The third-order valence-corrected chi connectivity index (χ3v) is 5.12. The molecule has 1 aliphatic rings. The highest BCUT2D eigenvalue weighted by Crippen LogP contribution is 2.35. The molecular formula is C17H16FN3OS. The first kappa shape index (κ1) is 14.5. The Labute approximate surface area is 137 Å². The highest BCUT2D eigenvalue weighted by Gasteiger charge is 2.28. The van der Waals surface area contributed by atoms with Crippen molar-refractivity contribution in [3.05, 3.63) is 58.4 Å². The van der Waals surface area contributed by atoms with Gasteiger partial charge in [0.15, 0.2) is 0 Å². The summed E-state index contributed by atoms with van der Waals surface area (Å²) in [5.41, 5.74) is 0.762. The van der Waals surface area contributed by atoms with Crippen molar-refractivity contribution in [2.24, 2.45) is 0 Å². The van der Waals surface area contributed by atoms with Crippen molar-refractivity contribution in [3.8, 4) is 11.4 Å². The van der Waals surface area contributed by atoms with Crippen LogP contribution in [0.15, 0.2) is 46.3 Å². The smallest absolute Gasteiger partial charge is 0.241 e. The van der Waals surface area contributed by atoms with Crippen LogP contribution in [-0.4, -0.2) is 21.6 Å². The van der Waals surface area contributed by atoms with Gasteiger partial charge in [0, 0.05) is 16.5 Å². The fourth-order valence-corrected chi connectivity index (χ4v) is 3.92. The maximum absolute atomic E-state index is 13.0. The predicted molar refractivity (Wildman–Crippen MR) is 86.4 cm³/mol. The number of hydrogen-bond acceptors (Lipinski definition) is 5. The minimum Gasteiger partial charge on any atom is -0.338 e. The lowest BCUT2D eigenvalue weighted by Gasteiger charge is -2.21. The van der Waals surface area contributed by atoms with Crippen LogP contribution in [0.2, 0.25) is 0 Å². The van der Waals surface area contributed by atoms with Gasteiger partial charge in [0.25, 0.3) is 0 Å². The van der Waals surface area contributed by atoms with Gasteiger partial charge < -0.3 is 4.52 Å². The van der Waals surface area contributed by atoms with Crippen LogP contribution in [0.4, 0.5) is 4.39 Å². The Morgan fingerprint density at radius 3 is 2.91 bits per heavy atom. The molecule has 4 nitrogen and oxygen atoms in total. The van der Waals surface area contributed by atoms with Gasteiger partial charge in [-0.1, -0.05) is 11.2 Å². The van der Waals surface area contributed by atoms with Crippen molar-refractivity contribution in [2.45, 2.75) is 25.4 Å². The average molecular weight is 329 g/mol. The van der Waals surface area contributed by atoms with E-state index in [4.69, 9.17) is 4.52 Å². The molecule has 6 heteroatoms. The number of rotatable bonds is 4. The van der Waals surface area contributed by atoms with Crippen LogP contribution < -0.4 is 0 Å². The Morgan fingerprint density at radius 2 is 2.13 bits per heavy atom. The van der Waals surface area contributed by atoms with Crippen LogP contribution in [0.1, 0.15) is 29.7 Å². The van der Waals surface area contributed by atoms with E-state index in [1.54, 1.807) is 23.5 Å². The molecule has 0 unspecified atom stereocenters. The van der Waals surface area contributed by atoms with Crippen molar-refractivity contribution in [3.63, 3.8) is 0 Å². The number of nitrogens with zero attached hydrogens (tertiary/aromatic N) is 3. The van der Waals surface area contributed by atoms with Crippen molar-refractivity contribution >= 4 is 11.3 Å². The molecule has 0 aliphatic carbocycles. The van der Waals surface area contributed by atoms with Gasteiger partial charge in [-0.05, 0) is 55.1 Å². The molecule has 1 fully saturated rings. The maximum Gasteiger partial charge on any atom is 0.241 e. The first-order valence-electron chi connectivity index (χ1n) is 7.65. The van der Waals surface area contributed by atoms with Crippen molar-refractivity contribution in [1.82, 2.24) is 15.0 Å². The lowest BCUT2D eigenvalue weighted by Crippen LogP contribution is -2.22. The molecule has 2 aromatic heterocycles. The van der Waals surface area contributed by atoms with E-state index in [1.165, 1.54) is 29.9 Å². The number of aromatic nitrogens is 2. The van der Waals surface area contributed by atoms with E-state index >= 15 is 0 Å². The highest BCUT2D eigenvalue weighted by molar-refractivity contribution is 7.10. The molecule has 3 aromatic rings. The van der Waals surface area contributed by atoms with E-state index in [-0.39, 0.29) is 5.82 Å². The Hall–Kier alpha value is -2.05. The molecule has 1 saturated heterocycles. The Bertz CT molecular complexity index is 770. The SMILES string of the molecule is Fc1ccc(-c2noc(CN3CCC[C@H]3c3cccs3)n2)cc1. The first-order valence-corrected chi connectivity index (χ1v) is 8.53. The molecule has 118 valence electrons. The molecule has 0 radical (unpaired) electrons. The number of halogens is 1. The topological polar surface area (TPSA) is 42.2 Å². The van der Waals surface area contributed by atoms with E-state index in [9.17, 15) is 4.39 Å². The minimum absolute atomic E-state index is 0.270. The molecule has 0 amide bonds. The lowest BCUT2D eigenvalue weighted by atomic mass is 10.2. The van der Waals surface area contributed by atoms with E-state index in [0.717, 1.165) is 12.1 Å². The standard InChI is InChI=1S/C17H16FN3OS/c18-13-7-5-12(6-8-13)17-19-16(22-20-17)11-21-9-1-3-14(21)15-4-2-10-23-15/h2,4-8,10,14H,1,3,9,11H2/t14-/m0/s1. The largest absolute Gasteiger partial charge is 0.338 e. The molecule has 0 spiro atoms. The summed E-state index contributed by atoms with van der Waals surface area (Å²) in [6.45, 7) is 1.69. The second-order valence-electron chi connectivity index (χ2n) is 5.66. The highest BCUT2D eigenvalue weighted by atomic mass is 32.1. The first-order chi connectivity index (χ1) is 11.3. The fraction of sp³-hybridized carbons (Fsp3) is 0.294. The summed E-state index contributed by atoms with van der Waals surface area (Å²) in [5, 5.41) is 6.13. The molecule has 0 N–H and O–H groups in total. The summed E-state index contributed by atoms with van der Waals surface area (Å²) in [6.07, 6.45) is 2.35. The molecule has 1 aromatic carbocycles. The number of benzene rings is 1. The number of thiophene rings is 1. The molecule has 1 atom stereocenters. The van der Waals surface area contributed by atoms with Crippen LogP contribution in [0.5, 0.6) is 0 Å². The van der Waals surface area contributed by atoms with Gasteiger partial charge in [-0.2, -0.15) is 4.98 Å². The lowest BCUT2D eigenvalue weighted by molar-refractivity contribution is 0.214. The van der Waals surface area contributed by atoms with Gasteiger partial charge in [0.05, 0.1) is 6.54 Å². The van der Waals surface area contributed by atoms with Crippen molar-refractivity contribution in [2.75, 3.05) is 6.54 Å². The van der Waals surface area contributed by atoms with Gasteiger partial charge in [-0.25, -0.2) is 4.39 Å². The molecule has 0 bridgehead atoms. The zero-order valence-electron chi connectivity index (χ0n) is 12.5. The Kier molecular flexibility index (Phi) is 3.93. The molecule has 3 heterocycles. The van der Waals surface area contributed by atoms with Gasteiger partial charge in [-0.3, -0.25) is 4.90 Å². The summed E-state index contributed by atoms with van der Waals surface area (Å²) >= 11 is 1.79. The zero-order valence-corrected chi connectivity index (χ0v) is 13.3. The van der Waals surface area contributed by atoms with Crippen LogP contribution in [-0.2, 0) is 6.54 Å². The Balaban J connectivity index is 1.50. The zero-order chi connectivity index (χ0) is 15.6. The number of hydrogen-bond donors (Lipinski definition) is 0. The van der Waals surface area contributed by atoms with Crippen molar-refractivity contribution < 1.29 is 8.91 Å². The molecule has 23 heavy (non-hydrogen) atoms.